The molecule has 0 unspecified atom stereocenters. The smallest absolute Gasteiger partial charge is 0.318 e. The number of nitrogens with zero attached hydrogens (tertiary/aromatic N) is 4. The second-order valence-electron chi connectivity index (χ2n) is 7.01. The fraction of sp³-hybridized carbons (Fsp3) is 0.238. The molecule has 2 amide bonds. The van der Waals surface area contributed by atoms with Gasteiger partial charge in [-0.25, -0.2) is 23.5 Å². The van der Waals surface area contributed by atoms with Crippen molar-refractivity contribution in [2.45, 2.75) is 19.4 Å². The van der Waals surface area contributed by atoms with Crippen molar-refractivity contribution < 1.29 is 18.4 Å². The maximum atomic E-state index is 13.4. The minimum atomic E-state index is -0.950. The van der Waals surface area contributed by atoms with Gasteiger partial charge >= 0.3 is 6.03 Å². The molecule has 0 radical (unpaired) electrons. The van der Waals surface area contributed by atoms with E-state index in [2.05, 4.69) is 9.97 Å². The maximum Gasteiger partial charge on any atom is 0.326 e. The molecule has 2 aromatic heterocycles. The van der Waals surface area contributed by atoms with E-state index in [0.29, 0.717) is 40.9 Å². The van der Waals surface area contributed by atoms with Crippen LogP contribution in [0.2, 0.25) is 4.47 Å². The van der Waals surface area contributed by atoms with Crippen LogP contribution in [0.3, 0.4) is 0 Å². The third kappa shape index (κ3) is 4.88. The van der Waals surface area contributed by atoms with Crippen LogP contribution in [0.25, 0.3) is 0 Å². The van der Waals surface area contributed by atoms with Crippen LogP contribution >= 0.6 is 22.9 Å². The lowest BCUT2D eigenvalue weighted by molar-refractivity contribution is 0.0983. The Morgan fingerprint density at radius 3 is 2.71 bits per heavy atom. The molecule has 31 heavy (non-hydrogen) atoms. The van der Waals surface area contributed by atoms with Crippen molar-refractivity contribution in [2.75, 3.05) is 18.0 Å². The Hall–Kier alpha value is -2.91. The first-order valence-electron chi connectivity index (χ1n) is 9.50. The number of hydrogen-bond donors (Lipinski definition) is 0. The van der Waals surface area contributed by atoms with E-state index in [1.807, 2.05) is 0 Å². The zero-order chi connectivity index (χ0) is 22.0. The van der Waals surface area contributed by atoms with Gasteiger partial charge in [0.15, 0.2) is 21.9 Å². The number of carbonyl (C=O) groups is 2. The van der Waals surface area contributed by atoms with Crippen molar-refractivity contribution in [3.63, 3.8) is 0 Å². The number of thiazole rings is 1. The molecule has 1 aromatic carbocycles. The van der Waals surface area contributed by atoms with E-state index in [9.17, 15) is 18.4 Å². The molecule has 10 heteroatoms. The molecule has 1 aliphatic heterocycles. The van der Waals surface area contributed by atoms with Gasteiger partial charge in [-0.3, -0.25) is 9.69 Å². The monoisotopic (exact) mass is 462 g/mol. The third-order valence-corrected chi connectivity index (χ3v) is 6.09. The van der Waals surface area contributed by atoms with E-state index < -0.39 is 11.6 Å². The van der Waals surface area contributed by atoms with Crippen molar-refractivity contribution in [1.29, 1.82) is 0 Å². The summed E-state index contributed by atoms with van der Waals surface area (Å²) in [5, 5.41) is 0. The molecular weight excluding hydrogens is 446 g/mol. The number of urea groups is 1. The quantitative estimate of drug-likeness (QED) is 0.476. The highest BCUT2D eigenvalue weighted by Crippen LogP contribution is 2.23. The number of aromatic nitrogens is 2. The van der Waals surface area contributed by atoms with Crippen LogP contribution in [0, 0.1) is 11.6 Å². The Kier molecular flexibility index (Phi) is 6.24. The lowest BCUT2D eigenvalue weighted by atomic mass is 10.1. The summed E-state index contributed by atoms with van der Waals surface area (Å²) < 4.78 is 27.0. The van der Waals surface area contributed by atoms with E-state index in [0.717, 1.165) is 17.0 Å². The second-order valence-corrected chi connectivity index (χ2v) is 8.71. The van der Waals surface area contributed by atoms with Crippen molar-refractivity contribution in [2.24, 2.45) is 0 Å². The first kappa shape index (κ1) is 21.3. The first-order chi connectivity index (χ1) is 14.9. The summed E-state index contributed by atoms with van der Waals surface area (Å²) in [6, 6.07) is 6.48. The van der Waals surface area contributed by atoms with Gasteiger partial charge in [0.1, 0.15) is 5.82 Å². The average molecular weight is 463 g/mol. The second kappa shape index (κ2) is 9.07. The predicted octanol–water partition coefficient (Wildman–Crippen LogP) is 4.73. The highest BCUT2D eigenvalue weighted by molar-refractivity contribution is 7.15. The molecule has 6 nitrogen and oxygen atoms in total. The number of carbonyl (C=O) groups excluding carboxylic acids is 2. The fourth-order valence-corrected chi connectivity index (χ4v) is 4.30. The predicted molar refractivity (Wildman–Crippen MR) is 114 cm³/mol. The summed E-state index contributed by atoms with van der Waals surface area (Å²) >= 11 is 7.15. The molecule has 160 valence electrons. The van der Waals surface area contributed by atoms with Crippen molar-refractivity contribution in [1.82, 2.24) is 14.9 Å². The highest BCUT2D eigenvalue weighted by atomic mass is 35.5. The van der Waals surface area contributed by atoms with Crippen LogP contribution in [0.5, 0.6) is 0 Å². The Morgan fingerprint density at radius 2 is 1.97 bits per heavy atom. The summed E-state index contributed by atoms with van der Waals surface area (Å²) in [7, 11) is 0. The van der Waals surface area contributed by atoms with Crippen LogP contribution in [0.4, 0.5) is 19.4 Å². The molecule has 0 N–H and O–H groups in total. The Balaban J connectivity index is 1.41. The molecule has 0 aliphatic carbocycles. The van der Waals surface area contributed by atoms with Gasteiger partial charge in [-0.2, -0.15) is 0 Å². The highest BCUT2D eigenvalue weighted by Gasteiger charge is 2.30. The molecule has 3 heterocycles. The topological polar surface area (TPSA) is 66.4 Å². The van der Waals surface area contributed by atoms with Crippen LogP contribution in [0.1, 0.15) is 27.2 Å². The van der Waals surface area contributed by atoms with Gasteiger partial charge in [-0.1, -0.05) is 17.7 Å². The number of anilines is 1. The molecule has 0 bridgehead atoms. The molecule has 0 saturated carbocycles. The summed E-state index contributed by atoms with van der Waals surface area (Å²) in [5.74, 6) is -1.57. The number of aryl methyl sites for hydroxylation is 1. The zero-order valence-electron chi connectivity index (χ0n) is 16.2. The van der Waals surface area contributed by atoms with E-state index in [1.165, 1.54) is 33.4 Å². The summed E-state index contributed by atoms with van der Waals surface area (Å²) in [5.41, 5.74) is 0.960. The van der Waals surface area contributed by atoms with Crippen LogP contribution in [0.15, 0.2) is 42.7 Å². The van der Waals surface area contributed by atoms with E-state index >= 15 is 0 Å². The average Bonchev–Trinajstić information content (AvgIpc) is 3.34. The molecule has 4 rings (SSSR count). The number of amides is 2. The van der Waals surface area contributed by atoms with Gasteiger partial charge in [0.2, 0.25) is 0 Å². The van der Waals surface area contributed by atoms with Crippen LogP contribution in [-0.2, 0) is 13.0 Å². The van der Waals surface area contributed by atoms with Crippen molar-refractivity contribution in [3.8, 4) is 0 Å². The molecule has 3 aromatic rings. The van der Waals surface area contributed by atoms with Gasteiger partial charge < -0.3 is 4.90 Å². The van der Waals surface area contributed by atoms with E-state index in [4.69, 9.17) is 11.6 Å². The molecular formula is C21H17ClF2N4O2S. The fourth-order valence-electron chi connectivity index (χ4n) is 3.32. The lowest BCUT2D eigenvalue weighted by Gasteiger charge is -2.18. The number of ketones is 1. The Labute approximate surface area is 186 Å². The number of halogens is 3. The number of hydrogen-bond acceptors (Lipinski definition) is 5. The van der Waals surface area contributed by atoms with Crippen molar-refractivity contribution >= 4 is 40.6 Å². The standard InChI is InChI=1S/C21H17ClF2N4O2S/c22-20-26-11-15(31-20)2-4-18(29)14-5-6-25-19(10-14)28-8-7-27(21(28)30)12-13-1-3-16(23)17(24)9-13/h1,3,5-6,9-11H,2,4,7-8,12H2. The zero-order valence-corrected chi connectivity index (χ0v) is 17.8. The molecule has 1 aliphatic rings. The van der Waals surface area contributed by atoms with Gasteiger partial charge in [0.05, 0.1) is 0 Å². The van der Waals surface area contributed by atoms with Gasteiger partial charge in [-0.05, 0) is 36.2 Å². The normalized spacial score (nSPS) is 13.8. The SMILES string of the molecule is O=C(CCc1cnc(Cl)s1)c1ccnc(N2CCN(Cc3ccc(F)c(F)c3)C2=O)c1. The first-order valence-corrected chi connectivity index (χ1v) is 10.7. The molecule has 1 saturated heterocycles. The van der Waals surface area contributed by atoms with Gasteiger partial charge in [0.25, 0.3) is 0 Å². The maximum absolute atomic E-state index is 13.4. The van der Waals surface area contributed by atoms with Crippen LogP contribution in [-0.4, -0.2) is 39.8 Å². The van der Waals surface area contributed by atoms with E-state index in [-0.39, 0.29) is 24.8 Å². The number of rotatable bonds is 7. The summed E-state index contributed by atoms with van der Waals surface area (Å²) in [6.45, 7) is 0.943. The van der Waals surface area contributed by atoms with Crippen LogP contribution < -0.4 is 4.90 Å². The Morgan fingerprint density at radius 1 is 1.13 bits per heavy atom. The molecule has 0 atom stereocenters. The van der Waals surface area contributed by atoms with E-state index in [1.54, 1.807) is 18.3 Å². The Bertz CT molecular complexity index is 1140. The third-order valence-electron chi connectivity index (χ3n) is 4.92. The summed E-state index contributed by atoms with van der Waals surface area (Å²) in [4.78, 5) is 37.5. The lowest BCUT2D eigenvalue weighted by Crippen LogP contribution is -2.32. The van der Waals surface area contributed by atoms with Gasteiger partial charge in [0, 0.05) is 48.9 Å². The minimum Gasteiger partial charge on any atom is -0.318 e. The van der Waals surface area contributed by atoms with Gasteiger partial charge in [-0.15, -0.1) is 11.3 Å². The molecule has 1 fully saturated rings. The number of benzene rings is 1. The summed E-state index contributed by atoms with van der Waals surface area (Å²) in [6.07, 6.45) is 3.98. The van der Waals surface area contributed by atoms with Crippen molar-refractivity contribution in [3.05, 3.63) is 74.8 Å². The molecule has 0 spiro atoms. The number of Topliss-reactive ketones (excluding diaryl/α,β-unsaturated/α-hetero) is 1. The number of pyridine rings is 1. The largest absolute Gasteiger partial charge is 0.326 e. The minimum absolute atomic E-state index is 0.0709.